The van der Waals surface area contributed by atoms with E-state index in [1.807, 2.05) is 80.1 Å². The molecule has 2 aromatic carbocycles. The average Bonchev–Trinajstić information content (AvgIpc) is 2.88. The molecular weight excluding hydrogens is 284 g/mol. The molecule has 0 fully saturated rings. The van der Waals surface area contributed by atoms with Crippen LogP contribution in [0.5, 0.6) is 0 Å². The maximum atomic E-state index is 12.4. The Morgan fingerprint density at radius 1 is 0.957 bits per heavy atom. The maximum absolute atomic E-state index is 12.4. The predicted octanol–water partition coefficient (Wildman–Crippen LogP) is 4.22. The number of ketones is 1. The monoisotopic (exact) mass is 304 g/mol. The second-order valence-electron chi connectivity index (χ2n) is 5.97. The second-order valence-corrected chi connectivity index (χ2v) is 5.97. The summed E-state index contributed by atoms with van der Waals surface area (Å²) in [6, 6.07) is 17.8. The summed E-state index contributed by atoms with van der Waals surface area (Å²) < 4.78 is 1.89. The van der Waals surface area contributed by atoms with Gasteiger partial charge in [0.25, 0.3) is 0 Å². The molecule has 0 bridgehead atoms. The summed E-state index contributed by atoms with van der Waals surface area (Å²) >= 11 is 0. The highest BCUT2D eigenvalue weighted by Gasteiger charge is 2.09. The Labute approximate surface area is 136 Å². The fraction of sp³-hybridized carbons (Fsp3) is 0.200. The normalized spacial score (nSPS) is 10.7. The number of hydrogen-bond acceptors (Lipinski definition) is 2. The van der Waals surface area contributed by atoms with Gasteiger partial charge in [-0.05, 0) is 56.7 Å². The van der Waals surface area contributed by atoms with Gasteiger partial charge in [-0.15, -0.1) is 0 Å². The second kappa shape index (κ2) is 6.21. The van der Waals surface area contributed by atoms with Crippen LogP contribution in [0.1, 0.15) is 32.9 Å². The Bertz CT molecular complexity index is 827. The van der Waals surface area contributed by atoms with Gasteiger partial charge in [0.1, 0.15) is 0 Å². The Morgan fingerprint density at radius 3 is 2.17 bits per heavy atom. The summed E-state index contributed by atoms with van der Waals surface area (Å²) in [5, 5.41) is 4.46. The van der Waals surface area contributed by atoms with E-state index in [0.29, 0.717) is 6.42 Å². The van der Waals surface area contributed by atoms with Crippen LogP contribution in [0.2, 0.25) is 0 Å². The van der Waals surface area contributed by atoms with Crippen molar-refractivity contribution in [3.8, 4) is 5.69 Å². The van der Waals surface area contributed by atoms with Crippen LogP contribution >= 0.6 is 0 Å². The Morgan fingerprint density at radius 2 is 1.61 bits per heavy atom. The van der Waals surface area contributed by atoms with Gasteiger partial charge >= 0.3 is 0 Å². The van der Waals surface area contributed by atoms with E-state index in [1.54, 1.807) is 0 Å². The number of nitrogens with zero attached hydrogens (tertiary/aromatic N) is 2. The molecule has 3 aromatic rings. The van der Waals surface area contributed by atoms with Crippen molar-refractivity contribution in [2.24, 2.45) is 0 Å². The van der Waals surface area contributed by atoms with Crippen LogP contribution in [-0.4, -0.2) is 15.6 Å². The van der Waals surface area contributed by atoms with E-state index >= 15 is 0 Å². The van der Waals surface area contributed by atoms with Crippen molar-refractivity contribution in [1.29, 1.82) is 0 Å². The van der Waals surface area contributed by atoms with Crippen molar-refractivity contribution in [3.63, 3.8) is 0 Å². The van der Waals surface area contributed by atoms with Crippen LogP contribution in [0.3, 0.4) is 0 Å². The standard InChI is InChI=1S/C20H20N2O/c1-14-4-6-17(7-5-14)13-20(23)18-8-10-19(11-9-18)22-16(3)12-15(2)21-22/h4-12H,13H2,1-3H3. The van der Waals surface area contributed by atoms with Gasteiger partial charge in [0.15, 0.2) is 5.78 Å². The van der Waals surface area contributed by atoms with Crippen molar-refractivity contribution in [2.75, 3.05) is 0 Å². The molecule has 3 heteroatoms. The van der Waals surface area contributed by atoms with Gasteiger partial charge < -0.3 is 0 Å². The maximum Gasteiger partial charge on any atom is 0.167 e. The number of rotatable bonds is 4. The summed E-state index contributed by atoms with van der Waals surface area (Å²) in [6.45, 7) is 6.04. The largest absolute Gasteiger partial charge is 0.294 e. The van der Waals surface area contributed by atoms with Gasteiger partial charge in [0, 0.05) is 17.7 Å². The highest BCUT2D eigenvalue weighted by Crippen LogP contribution is 2.15. The molecule has 0 aliphatic carbocycles. The van der Waals surface area contributed by atoms with E-state index in [2.05, 4.69) is 5.10 Å². The van der Waals surface area contributed by atoms with Crippen LogP contribution in [0.15, 0.2) is 54.6 Å². The zero-order valence-corrected chi connectivity index (χ0v) is 13.7. The van der Waals surface area contributed by atoms with Gasteiger partial charge in [0.2, 0.25) is 0 Å². The van der Waals surface area contributed by atoms with E-state index in [9.17, 15) is 4.79 Å². The smallest absolute Gasteiger partial charge is 0.167 e. The third-order valence-corrected chi connectivity index (χ3v) is 3.93. The van der Waals surface area contributed by atoms with E-state index in [1.165, 1.54) is 5.56 Å². The lowest BCUT2D eigenvalue weighted by Crippen LogP contribution is -2.05. The van der Waals surface area contributed by atoms with Crippen LogP contribution in [0.25, 0.3) is 5.69 Å². The molecule has 3 nitrogen and oxygen atoms in total. The van der Waals surface area contributed by atoms with Crippen molar-refractivity contribution in [3.05, 3.63) is 82.7 Å². The molecule has 0 saturated carbocycles. The molecule has 0 unspecified atom stereocenters. The third kappa shape index (κ3) is 3.39. The average molecular weight is 304 g/mol. The quantitative estimate of drug-likeness (QED) is 0.676. The Kier molecular flexibility index (Phi) is 4.11. The zero-order valence-electron chi connectivity index (χ0n) is 13.7. The minimum Gasteiger partial charge on any atom is -0.294 e. The van der Waals surface area contributed by atoms with Gasteiger partial charge in [-0.1, -0.05) is 29.8 Å². The minimum atomic E-state index is 0.133. The van der Waals surface area contributed by atoms with Crippen LogP contribution in [-0.2, 0) is 6.42 Å². The van der Waals surface area contributed by atoms with E-state index < -0.39 is 0 Å². The van der Waals surface area contributed by atoms with Crippen molar-refractivity contribution < 1.29 is 4.79 Å². The van der Waals surface area contributed by atoms with Gasteiger partial charge in [-0.3, -0.25) is 4.79 Å². The van der Waals surface area contributed by atoms with Crippen LogP contribution in [0.4, 0.5) is 0 Å². The molecule has 0 N–H and O–H groups in total. The first-order valence-corrected chi connectivity index (χ1v) is 7.75. The topological polar surface area (TPSA) is 34.9 Å². The van der Waals surface area contributed by atoms with Crippen molar-refractivity contribution in [2.45, 2.75) is 27.2 Å². The van der Waals surface area contributed by atoms with Gasteiger partial charge in [-0.25, -0.2) is 4.68 Å². The predicted molar refractivity (Wildman–Crippen MR) is 92.3 cm³/mol. The summed E-state index contributed by atoms with van der Waals surface area (Å²) in [5.74, 6) is 0.133. The fourth-order valence-electron chi connectivity index (χ4n) is 2.67. The lowest BCUT2D eigenvalue weighted by molar-refractivity contribution is 0.0993. The number of Topliss-reactive ketones (excluding diaryl/α,β-unsaturated/α-hetero) is 1. The SMILES string of the molecule is Cc1ccc(CC(=O)c2ccc(-n3nc(C)cc3C)cc2)cc1. The molecule has 0 saturated heterocycles. The molecule has 0 spiro atoms. The molecule has 116 valence electrons. The zero-order chi connectivity index (χ0) is 16.4. The number of carbonyl (C=O) groups is 1. The van der Waals surface area contributed by atoms with Gasteiger partial charge in [-0.2, -0.15) is 5.10 Å². The van der Waals surface area contributed by atoms with E-state index in [4.69, 9.17) is 0 Å². The lowest BCUT2D eigenvalue weighted by atomic mass is 10.0. The summed E-state index contributed by atoms with van der Waals surface area (Å²) in [5.41, 5.74) is 6.03. The van der Waals surface area contributed by atoms with Crippen molar-refractivity contribution in [1.82, 2.24) is 9.78 Å². The first-order chi connectivity index (χ1) is 11.0. The molecule has 0 atom stereocenters. The number of hydrogen-bond donors (Lipinski definition) is 0. The van der Waals surface area contributed by atoms with Crippen molar-refractivity contribution >= 4 is 5.78 Å². The first kappa shape index (κ1) is 15.2. The molecule has 0 aliphatic heterocycles. The fourth-order valence-corrected chi connectivity index (χ4v) is 2.67. The van der Waals surface area contributed by atoms with Crippen LogP contribution < -0.4 is 0 Å². The summed E-state index contributed by atoms with van der Waals surface area (Å²) in [6.07, 6.45) is 0.430. The van der Waals surface area contributed by atoms with Gasteiger partial charge in [0.05, 0.1) is 11.4 Å². The molecular formula is C20H20N2O. The highest BCUT2D eigenvalue weighted by molar-refractivity contribution is 5.97. The lowest BCUT2D eigenvalue weighted by Gasteiger charge is -2.06. The molecule has 0 amide bonds. The number of aryl methyl sites for hydroxylation is 3. The first-order valence-electron chi connectivity index (χ1n) is 7.75. The molecule has 1 heterocycles. The Hall–Kier alpha value is -2.68. The van der Waals surface area contributed by atoms with Crippen LogP contribution in [0, 0.1) is 20.8 Å². The molecule has 0 aliphatic rings. The minimum absolute atomic E-state index is 0.133. The number of benzene rings is 2. The highest BCUT2D eigenvalue weighted by atomic mass is 16.1. The summed E-state index contributed by atoms with van der Waals surface area (Å²) in [7, 11) is 0. The van der Waals surface area contributed by atoms with E-state index in [0.717, 1.165) is 28.2 Å². The third-order valence-electron chi connectivity index (χ3n) is 3.93. The molecule has 0 radical (unpaired) electrons. The number of aromatic nitrogens is 2. The molecule has 1 aromatic heterocycles. The number of carbonyl (C=O) groups excluding carboxylic acids is 1. The Balaban J connectivity index is 1.77. The summed E-state index contributed by atoms with van der Waals surface area (Å²) in [4.78, 5) is 12.4. The molecule has 3 rings (SSSR count). The van der Waals surface area contributed by atoms with E-state index in [-0.39, 0.29) is 5.78 Å². The molecule has 23 heavy (non-hydrogen) atoms.